The van der Waals surface area contributed by atoms with E-state index in [1.807, 2.05) is 6.92 Å². The van der Waals surface area contributed by atoms with E-state index in [9.17, 15) is 4.39 Å². The zero-order valence-corrected chi connectivity index (χ0v) is 17.6. The van der Waals surface area contributed by atoms with E-state index in [4.69, 9.17) is 16.8 Å². The number of nitrogens with one attached hydrogen (secondary N) is 1. The Morgan fingerprint density at radius 1 is 1.48 bits per heavy atom. The van der Waals surface area contributed by atoms with Crippen LogP contribution in [0.25, 0.3) is 0 Å². The highest BCUT2D eigenvalue weighted by atomic mass is 31.2. The van der Waals surface area contributed by atoms with Crippen molar-refractivity contribution in [2.24, 2.45) is 5.92 Å². The number of rotatable bonds is 11. The molecule has 1 rings (SSSR count). The average Bonchev–Trinajstić information content (AvgIpc) is 2.62. The SMILES string of the molecule is [2H]OC[C@H]1OC[C@@H](C)[C@H](F)[C@@H]1OP(NCOCC)N(C(C)C)C(C)C.[3H]C. The summed E-state index contributed by atoms with van der Waals surface area (Å²) in [4.78, 5) is 0. The van der Waals surface area contributed by atoms with Crippen molar-refractivity contribution in [3.05, 3.63) is 0 Å². The van der Waals surface area contributed by atoms with Gasteiger partial charge in [-0.3, -0.25) is 0 Å². The van der Waals surface area contributed by atoms with Gasteiger partial charge < -0.3 is 19.1 Å². The molecule has 0 saturated carbocycles. The fourth-order valence-electron chi connectivity index (χ4n) is 2.77. The van der Waals surface area contributed by atoms with Crippen molar-refractivity contribution in [2.45, 2.75) is 79.4 Å². The van der Waals surface area contributed by atoms with Gasteiger partial charge in [0.05, 0.1) is 13.2 Å². The molecule has 1 aliphatic rings. The maximum Gasteiger partial charge on any atom is 0.210 e. The number of alkyl halides is 1. The molecule has 6 nitrogen and oxygen atoms in total. The van der Waals surface area contributed by atoms with E-state index in [-0.39, 0.29) is 24.6 Å². The lowest BCUT2D eigenvalue weighted by Crippen LogP contribution is -2.51. The van der Waals surface area contributed by atoms with E-state index in [2.05, 4.69) is 42.6 Å². The summed E-state index contributed by atoms with van der Waals surface area (Å²) >= 11 is 0. The van der Waals surface area contributed by atoms with Crippen LogP contribution in [0.3, 0.4) is 0 Å². The number of aliphatic hydroxyl groups excluding tert-OH is 1. The summed E-state index contributed by atoms with van der Waals surface area (Å²) in [7, 11) is -0.0489. The van der Waals surface area contributed by atoms with Gasteiger partial charge in [-0.15, -0.1) is 0 Å². The summed E-state index contributed by atoms with van der Waals surface area (Å²) in [6, 6.07) is 0.428. The van der Waals surface area contributed by atoms with E-state index >= 15 is 0 Å². The summed E-state index contributed by atoms with van der Waals surface area (Å²) < 4.78 is 47.0. The monoisotopic (exact) mass is 387 g/mol. The molecule has 5 atom stereocenters. The summed E-state index contributed by atoms with van der Waals surface area (Å²) in [5.41, 5.74) is 0. The Kier molecular flexibility index (Phi) is 10.7. The Morgan fingerprint density at radius 2 is 2.12 bits per heavy atom. The molecule has 0 spiro atoms. The van der Waals surface area contributed by atoms with E-state index in [1.54, 1.807) is 6.92 Å². The van der Waals surface area contributed by atoms with Gasteiger partial charge in [0.15, 0.2) is 8.45 Å². The first-order valence-corrected chi connectivity index (χ1v) is 9.94. The van der Waals surface area contributed by atoms with Crippen LogP contribution < -0.4 is 5.09 Å². The lowest BCUT2D eigenvalue weighted by Gasteiger charge is -2.43. The minimum absolute atomic E-state index is 0.0181. The van der Waals surface area contributed by atoms with Crippen LogP contribution in [0.4, 0.5) is 4.39 Å². The fraction of sp³-hybridized carbons (Fsp3) is 1.00. The molecule has 2 N–H and O–H groups in total. The molecule has 152 valence electrons. The van der Waals surface area contributed by atoms with Crippen molar-refractivity contribution in [2.75, 3.05) is 26.6 Å². The van der Waals surface area contributed by atoms with Gasteiger partial charge in [-0.1, -0.05) is 14.3 Å². The third-order valence-electron chi connectivity index (χ3n) is 3.96. The van der Waals surface area contributed by atoms with Crippen LogP contribution in [0.5, 0.6) is 0 Å². The third-order valence-corrected chi connectivity index (χ3v) is 6.14. The molecule has 1 aliphatic heterocycles. The zero-order valence-electron chi connectivity index (χ0n) is 18.7. The minimum Gasteiger partial charge on any atom is -0.394 e. The highest BCUT2D eigenvalue weighted by molar-refractivity contribution is 7.47. The largest absolute Gasteiger partial charge is 0.394 e. The molecule has 8 heteroatoms. The van der Waals surface area contributed by atoms with Crippen LogP contribution in [0.1, 0.15) is 50.3 Å². The van der Waals surface area contributed by atoms with Gasteiger partial charge in [-0.2, -0.15) is 0 Å². The zero-order chi connectivity index (χ0) is 21.0. The predicted molar refractivity (Wildman–Crippen MR) is 101 cm³/mol. The Balaban J connectivity index is 0.00000326. The third kappa shape index (κ3) is 7.33. The van der Waals surface area contributed by atoms with E-state index in [0.717, 1.165) is 0 Å². The van der Waals surface area contributed by atoms with E-state index in [0.29, 0.717) is 19.9 Å². The van der Waals surface area contributed by atoms with Crippen molar-refractivity contribution in [3.8, 4) is 0 Å². The van der Waals surface area contributed by atoms with Crippen LogP contribution in [0, 0.1) is 5.92 Å². The van der Waals surface area contributed by atoms with Gasteiger partial charge in [-0.25, -0.2) is 14.1 Å². The predicted octanol–water partition coefficient (Wildman–Crippen LogP) is 3.30. The van der Waals surface area contributed by atoms with Crippen molar-refractivity contribution < 1.29 is 24.9 Å². The van der Waals surface area contributed by atoms with Gasteiger partial charge in [0, 0.05) is 26.0 Å². The normalized spacial score (nSPS) is 29.2. The first-order chi connectivity index (χ1) is 12.8. The number of aliphatic hydroxyl groups is 1. The van der Waals surface area contributed by atoms with E-state index < -0.39 is 26.8 Å². The minimum atomic E-state index is -1.30. The Labute approximate surface area is 157 Å². The molecule has 0 aliphatic carbocycles. The Morgan fingerprint density at radius 3 is 2.64 bits per heavy atom. The second-order valence-electron chi connectivity index (χ2n) is 6.67. The number of hydrogen-bond donors (Lipinski definition) is 2. The number of hydrogen-bond acceptors (Lipinski definition) is 6. The summed E-state index contributed by atoms with van der Waals surface area (Å²) in [5.74, 6) is -0.262. The summed E-state index contributed by atoms with van der Waals surface area (Å²) in [5, 5.41) is 7.72. The molecule has 1 saturated heterocycles. The molecule has 1 unspecified atom stereocenters. The quantitative estimate of drug-likeness (QED) is 0.322. The fourth-order valence-corrected chi connectivity index (χ4v) is 4.64. The molecular formula is C17H38FN2O4P. The standard InChI is InChI=1S/C16H34FN2O4P.CH4/c1-7-21-10-18-24(19(11(2)3)12(4)5)23-16-14(8-20)22-9-13(6)15(16)17;/h11-16,18,20H,7-10H2,1-6H3;1H4/t13-,14-,15+,16-,24?;/m1./s1/i20D;1T. The molecule has 0 aromatic heterocycles. The van der Waals surface area contributed by atoms with Crippen LogP contribution in [-0.2, 0) is 14.0 Å². The van der Waals surface area contributed by atoms with Crippen LogP contribution in [-0.4, -0.2) is 68.2 Å². The van der Waals surface area contributed by atoms with Crippen molar-refractivity contribution >= 4 is 8.45 Å². The van der Waals surface area contributed by atoms with E-state index in [1.165, 1.54) is 7.40 Å². The summed E-state index contributed by atoms with van der Waals surface area (Å²) in [6.07, 6.45) is -2.55. The molecule has 1 heterocycles. The summed E-state index contributed by atoms with van der Waals surface area (Å²) in [6.45, 7) is 13.3. The maximum atomic E-state index is 14.8. The topological polar surface area (TPSA) is 63.2 Å². The molecular weight excluding hydrogens is 346 g/mol. The average molecular weight is 387 g/mol. The van der Waals surface area contributed by atoms with Crippen molar-refractivity contribution in [3.63, 3.8) is 0 Å². The molecule has 1 fully saturated rings. The highest BCUT2D eigenvalue weighted by Crippen LogP contribution is 2.44. The van der Waals surface area contributed by atoms with Gasteiger partial charge in [0.2, 0.25) is 1.43 Å². The first-order valence-electron chi connectivity index (χ1n) is 10.1. The Bertz CT molecular complexity index is 368. The number of halogens is 1. The molecule has 0 bridgehead atoms. The van der Waals surface area contributed by atoms with Crippen LogP contribution in [0.15, 0.2) is 0 Å². The second-order valence-corrected chi connectivity index (χ2v) is 8.20. The van der Waals surface area contributed by atoms with Crippen LogP contribution in [0.2, 0.25) is 0 Å². The highest BCUT2D eigenvalue weighted by Gasteiger charge is 2.42. The van der Waals surface area contributed by atoms with Crippen molar-refractivity contribution in [1.29, 1.82) is 1.43 Å². The van der Waals surface area contributed by atoms with Crippen LogP contribution >= 0.6 is 8.45 Å². The number of nitrogens with zero attached hydrogens (tertiary/aromatic N) is 1. The Hall–Kier alpha value is 0.120. The molecule has 25 heavy (non-hydrogen) atoms. The van der Waals surface area contributed by atoms with Crippen molar-refractivity contribution in [1.82, 2.24) is 9.76 Å². The lowest BCUT2D eigenvalue weighted by atomic mass is 9.95. The molecule has 0 aromatic rings. The van der Waals surface area contributed by atoms with Gasteiger partial charge >= 0.3 is 0 Å². The van der Waals surface area contributed by atoms with Gasteiger partial charge in [-0.05, 0) is 34.6 Å². The van der Waals surface area contributed by atoms with Gasteiger partial charge in [0.1, 0.15) is 25.1 Å². The molecule has 0 radical (unpaired) electrons. The smallest absolute Gasteiger partial charge is 0.210 e. The van der Waals surface area contributed by atoms with Gasteiger partial charge in [0.25, 0.3) is 0 Å². The lowest BCUT2D eigenvalue weighted by molar-refractivity contribution is -0.140. The molecule has 0 amide bonds. The first kappa shape index (κ1) is 21.4. The number of ether oxygens (including phenoxy) is 2. The maximum absolute atomic E-state index is 14.8. The second kappa shape index (κ2) is 12.5. The molecule has 0 aromatic carbocycles.